The van der Waals surface area contributed by atoms with E-state index in [0.29, 0.717) is 0 Å². The summed E-state index contributed by atoms with van der Waals surface area (Å²) in [7, 11) is 2.92. The van der Waals surface area contributed by atoms with Crippen LogP contribution in [0.3, 0.4) is 0 Å². The molecule has 0 saturated heterocycles. The summed E-state index contributed by atoms with van der Waals surface area (Å²) in [6, 6.07) is 3.19. The third-order valence-electron chi connectivity index (χ3n) is 3.46. The van der Waals surface area contributed by atoms with Gasteiger partial charge in [-0.15, -0.1) is 0 Å². The van der Waals surface area contributed by atoms with Gasteiger partial charge in [0.25, 0.3) is 5.56 Å². The van der Waals surface area contributed by atoms with Crippen LogP contribution in [0.5, 0.6) is 0 Å². The molecule has 0 unspecified atom stereocenters. The van der Waals surface area contributed by atoms with Gasteiger partial charge in [0.15, 0.2) is 0 Å². The second kappa shape index (κ2) is 5.35. The zero-order valence-electron chi connectivity index (χ0n) is 10.6. The summed E-state index contributed by atoms with van der Waals surface area (Å²) < 4.78 is 11.6. The second-order valence-electron chi connectivity index (χ2n) is 4.40. The standard InChI is InChI=1S/C13H17NO4/c1-17-11-7-3-6-10(11)14-8-4-5-9(12(14)15)13(16)18-2/h4-5,8,10-11H,3,6-7H2,1-2H3/t10-,11+/m0/s1. The zero-order valence-corrected chi connectivity index (χ0v) is 10.6. The van der Waals surface area contributed by atoms with Crippen molar-refractivity contribution in [3.63, 3.8) is 0 Å². The van der Waals surface area contributed by atoms with Crippen molar-refractivity contribution in [2.45, 2.75) is 31.4 Å². The smallest absolute Gasteiger partial charge is 0.343 e. The second-order valence-corrected chi connectivity index (χ2v) is 4.40. The number of esters is 1. The van der Waals surface area contributed by atoms with Gasteiger partial charge in [0.1, 0.15) is 5.56 Å². The Balaban J connectivity index is 2.40. The van der Waals surface area contributed by atoms with E-state index in [-0.39, 0.29) is 23.3 Å². The van der Waals surface area contributed by atoms with E-state index in [9.17, 15) is 9.59 Å². The van der Waals surface area contributed by atoms with Crippen LogP contribution in [0, 0.1) is 0 Å². The van der Waals surface area contributed by atoms with Crippen LogP contribution in [0.2, 0.25) is 0 Å². The number of aromatic nitrogens is 1. The summed E-state index contributed by atoms with van der Waals surface area (Å²) in [5, 5.41) is 0. The van der Waals surface area contributed by atoms with Crippen molar-refractivity contribution < 1.29 is 14.3 Å². The molecule has 1 aliphatic carbocycles. The van der Waals surface area contributed by atoms with Crippen molar-refractivity contribution in [2.75, 3.05) is 14.2 Å². The lowest BCUT2D eigenvalue weighted by Crippen LogP contribution is -2.33. The van der Waals surface area contributed by atoms with Crippen molar-refractivity contribution in [3.8, 4) is 0 Å². The van der Waals surface area contributed by atoms with Gasteiger partial charge < -0.3 is 14.0 Å². The quantitative estimate of drug-likeness (QED) is 0.761. The van der Waals surface area contributed by atoms with Crippen LogP contribution in [0.1, 0.15) is 35.7 Å². The minimum absolute atomic E-state index is 0.00658. The lowest BCUT2D eigenvalue weighted by atomic mass is 10.2. The molecule has 1 fully saturated rings. The molecule has 1 saturated carbocycles. The average Bonchev–Trinajstić information content (AvgIpc) is 2.86. The van der Waals surface area contributed by atoms with E-state index in [1.165, 1.54) is 13.2 Å². The molecule has 0 amide bonds. The van der Waals surface area contributed by atoms with Crippen molar-refractivity contribution in [1.82, 2.24) is 4.57 Å². The van der Waals surface area contributed by atoms with Crippen molar-refractivity contribution in [1.29, 1.82) is 0 Å². The van der Waals surface area contributed by atoms with Crippen LogP contribution in [0.25, 0.3) is 0 Å². The molecule has 1 aliphatic rings. The van der Waals surface area contributed by atoms with Crippen molar-refractivity contribution >= 4 is 5.97 Å². The molecule has 0 aromatic carbocycles. The molecule has 2 atom stereocenters. The SMILES string of the molecule is COC(=O)c1cccn([C@H]2CCC[C@H]2OC)c1=O. The molecular weight excluding hydrogens is 234 g/mol. The number of nitrogens with zero attached hydrogens (tertiary/aromatic N) is 1. The van der Waals surface area contributed by atoms with E-state index in [0.717, 1.165) is 19.3 Å². The number of rotatable bonds is 3. The predicted molar refractivity (Wildman–Crippen MR) is 65.7 cm³/mol. The molecule has 98 valence electrons. The van der Waals surface area contributed by atoms with Gasteiger partial charge >= 0.3 is 5.97 Å². The first-order valence-corrected chi connectivity index (χ1v) is 6.01. The maximum atomic E-state index is 12.2. The minimum Gasteiger partial charge on any atom is -0.465 e. The molecule has 18 heavy (non-hydrogen) atoms. The Kier molecular flexibility index (Phi) is 3.81. The van der Waals surface area contributed by atoms with E-state index < -0.39 is 5.97 Å². The van der Waals surface area contributed by atoms with Gasteiger partial charge in [-0.3, -0.25) is 4.79 Å². The van der Waals surface area contributed by atoms with Crippen LogP contribution >= 0.6 is 0 Å². The van der Waals surface area contributed by atoms with Crippen LogP contribution in [0.15, 0.2) is 23.1 Å². The summed E-state index contributed by atoms with van der Waals surface area (Å²) in [5.41, 5.74) is -0.236. The number of pyridine rings is 1. The van der Waals surface area contributed by atoms with Gasteiger partial charge in [-0.25, -0.2) is 4.79 Å². The van der Waals surface area contributed by atoms with Crippen molar-refractivity contribution in [3.05, 3.63) is 34.2 Å². The molecule has 5 heteroatoms. The van der Waals surface area contributed by atoms with Crippen LogP contribution in [-0.4, -0.2) is 30.9 Å². The third-order valence-corrected chi connectivity index (χ3v) is 3.46. The van der Waals surface area contributed by atoms with Crippen LogP contribution in [-0.2, 0) is 9.47 Å². The number of carbonyl (C=O) groups is 1. The molecule has 1 heterocycles. The molecule has 0 N–H and O–H groups in total. The van der Waals surface area contributed by atoms with E-state index in [2.05, 4.69) is 4.74 Å². The Morgan fingerprint density at radius 1 is 1.39 bits per heavy atom. The summed E-state index contributed by atoms with van der Waals surface area (Å²) in [5.74, 6) is -0.596. The third kappa shape index (κ3) is 2.18. The number of hydrogen-bond donors (Lipinski definition) is 0. The van der Waals surface area contributed by atoms with Crippen LogP contribution < -0.4 is 5.56 Å². The number of carbonyl (C=O) groups excluding carboxylic acids is 1. The van der Waals surface area contributed by atoms with Gasteiger partial charge in [0.05, 0.1) is 19.3 Å². The Bertz CT molecular complexity index is 494. The minimum atomic E-state index is -0.596. The topological polar surface area (TPSA) is 57.5 Å². The van der Waals surface area contributed by atoms with Gasteiger partial charge in [0.2, 0.25) is 0 Å². The molecule has 0 bridgehead atoms. The lowest BCUT2D eigenvalue weighted by molar-refractivity contribution is 0.0591. The van der Waals surface area contributed by atoms with Crippen LogP contribution in [0.4, 0.5) is 0 Å². The summed E-state index contributed by atoms with van der Waals surface area (Å²) >= 11 is 0. The Morgan fingerprint density at radius 3 is 2.83 bits per heavy atom. The maximum Gasteiger partial charge on any atom is 0.343 e. The highest BCUT2D eigenvalue weighted by atomic mass is 16.5. The fourth-order valence-electron chi connectivity index (χ4n) is 2.54. The lowest BCUT2D eigenvalue weighted by Gasteiger charge is -2.21. The molecule has 5 nitrogen and oxygen atoms in total. The highest BCUT2D eigenvalue weighted by Gasteiger charge is 2.30. The Labute approximate surface area is 105 Å². The van der Waals surface area contributed by atoms with Gasteiger partial charge in [-0.1, -0.05) is 0 Å². The highest BCUT2D eigenvalue weighted by Crippen LogP contribution is 2.30. The molecule has 1 aromatic heterocycles. The number of ether oxygens (including phenoxy) is 2. The summed E-state index contributed by atoms with van der Waals surface area (Å²) in [4.78, 5) is 23.7. The first kappa shape index (κ1) is 12.8. The van der Waals surface area contributed by atoms with E-state index in [1.807, 2.05) is 0 Å². The molecular formula is C13H17NO4. The summed E-state index contributed by atoms with van der Waals surface area (Å²) in [6.07, 6.45) is 4.60. The normalized spacial score (nSPS) is 23.0. The molecule has 0 spiro atoms. The fourth-order valence-corrected chi connectivity index (χ4v) is 2.54. The fraction of sp³-hybridized carbons (Fsp3) is 0.538. The van der Waals surface area contributed by atoms with Gasteiger partial charge in [-0.05, 0) is 31.4 Å². The first-order valence-electron chi connectivity index (χ1n) is 6.01. The Morgan fingerprint density at radius 2 is 2.17 bits per heavy atom. The van der Waals surface area contributed by atoms with Gasteiger partial charge in [-0.2, -0.15) is 0 Å². The number of methoxy groups -OCH3 is 2. The predicted octanol–water partition coefficient (Wildman–Crippen LogP) is 1.37. The zero-order chi connectivity index (χ0) is 13.1. The molecule has 1 aromatic rings. The van der Waals surface area contributed by atoms with E-state index >= 15 is 0 Å². The molecule has 0 radical (unpaired) electrons. The van der Waals surface area contributed by atoms with E-state index in [1.54, 1.807) is 23.9 Å². The highest BCUT2D eigenvalue weighted by molar-refractivity contribution is 5.88. The number of hydrogen-bond acceptors (Lipinski definition) is 4. The largest absolute Gasteiger partial charge is 0.465 e. The monoisotopic (exact) mass is 251 g/mol. The van der Waals surface area contributed by atoms with Crippen molar-refractivity contribution in [2.24, 2.45) is 0 Å². The summed E-state index contributed by atoms with van der Waals surface area (Å²) in [6.45, 7) is 0. The molecule has 2 rings (SSSR count). The maximum absolute atomic E-state index is 12.2. The first-order chi connectivity index (χ1) is 8.69. The van der Waals surface area contributed by atoms with E-state index in [4.69, 9.17) is 4.74 Å². The molecule has 0 aliphatic heterocycles. The van der Waals surface area contributed by atoms with Gasteiger partial charge in [0, 0.05) is 13.3 Å². The average molecular weight is 251 g/mol. The Hall–Kier alpha value is -1.62.